The van der Waals surface area contributed by atoms with E-state index in [0.29, 0.717) is 13.0 Å². The minimum Gasteiger partial charge on any atom is -0.379 e. The van der Waals surface area contributed by atoms with Crippen molar-refractivity contribution in [2.45, 2.75) is 31.8 Å². The normalized spacial score (nSPS) is 25.9. The molecule has 2 aliphatic rings. The molecule has 1 atom stereocenters. The number of hydrogen-bond acceptors (Lipinski definition) is 5. The average Bonchev–Trinajstić information content (AvgIpc) is 2.85. The molecule has 0 spiro atoms. The van der Waals surface area contributed by atoms with Gasteiger partial charge >= 0.3 is 6.03 Å². The van der Waals surface area contributed by atoms with Crippen LogP contribution < -0.4 is 5.32 Å². The smallest absolute Gasteiger partial charge is 0.317 e. The molecule has 2 rings (SSSR count). The second-order valence-corrected chi connectivity index (χ2v) is 8.97. The van der Waals surface area contributed by atoms with Crippen LogP contribution in [0.4, 0.5) is 4.79 Å². The molecule has 8 heteroatoms. The number of carbonyl (C=O) groups excluding carboxylic acids is 1. The third-order valence-corrected chi connectivity index (χ3v) is 6.37. The number of nitrogens with one attached hydrogen (secondary N) is 1. The van der Waals surface area contributed by atoms with Gasteiger partial charge in [-0.3, -0.25) is 4.90 Å². The highest BCUT2D eigenvalue weighted by Crippen LogP contribution is 2.18. The first-order chi connectivity index (χ1) is 10.2. The fraction of sp³-hybridized carbons (Fsp3) is 0.929. The van der Waals surface area contributed by atoms with Gasteiger partial charge < -0.3 is 15.0 Å². The number of hydrogen-bond donors (Lipinski definition) is 1. The van der Waals surface area contributed by atoms with Crippen LogP contribution in [-0.4, -0.2) is 87.2 Å². The summed E-state index contributed by atoms with van der Waals surface area (Å²) in [7, 11) is -1.31. The van der Waals surface area contributed by atoms with Crippen LogP contribution in [0.2, 0.25) is 0 Å². The van der Waals surface area contributed by atoms with Crippen LogP contribution in [0.3, 0.4) is 0 Å². The molecule has 0 bridgehead atoms. The van der Waals surface area contributed by atoms with Crippen LogP contribution in [0, 0.1) is 0 Å². The predicted octanol–water partition coefficient (Wildman–Crippen LogP) is -0.0743. The first kappa shape index (κ1) is 17.5. The van der Waals surface area contributed by atoms with Crippen LogP contribution in [0.15, 0.2) is 0 Å². The highest BCUT2D eigenvalue weighted by molar-refractivity contribution is 7.91. The van der Waals surface area contributed by atoms with Crippen molar-refractivity contribution in [3.8, 4) is 0 Å². The quantitative estimate of drug-likeness (QED) is 0.779. The molecule has 2 fully saturated rings. The molecule has 2 saturated heterocycles. The third kappa shape index (κ3) is 4.33. The maximum Gasteiger partial charge on any atom is 0.317 e. The van der Waals surface area contributed by atoms with E-state index in [0.717, 1.165) is 26.3 Å². The molecule has 128 valence electrons. The minimum absolute atomic E-state index is 0.0732. The Balaban J connectivity index is 1.83. The predicted molar refractivity (Wildman–Crippen MR) is 84.7 cm³/mol. The summed E-state index contributed by atoms with van der Waals surface area (Å²) in [5, 5.41) is 2.93. The van der Waals surface area contributed by atoms with Crippen molar-refractivity contribution in [2.24, 2.45) is 0 Å². The number of rotatable bonds is 4. The van der Waals surface area contributed by atoms with Crippen LogP contribution in [0.5, 0.6) is 0 Å². The Bertz CT molecular complexity index is 500. The lowest BCUT2D eigenvalue weighted by molar-refractivity contribution is -0.00905. The van der Waals surface area contributed by atoms with E-state index < -0.39 is 9.84 Å². The first-order valence-electron chi connectivity index (χ1n) is 7.75. The lowest BCUT2D eigenvalue weighted by Gasteiger charge is -2.41. The number of ether oxygens (including phenoxy) is 1. The number of morpholine rings is 1. The van der Waals surface area contributed by atoms with Gasteiger partial charge in [0.15, 0.2) is 9.84 Å². The summed E-state index contributed by atoms with van der Waals surface area (Å²) in [6.45, 7) is 7.88. The third-order valence-electron chi connectivity index (χ3n) is 4.62. The summed E-state index contributed by atoms with van der Waals surface area (Å²) in [5.74, 6) is 0.248. The van der Waals surface area contributed by atoms with Crippen molar-refractivity contribution in [2.75, 3.05) is 51.4 Å². The number of urea groups is 1. The Hall–Kier alpha value is -0.860. The zero-order valence-corrected chi connectivity index (χ0v) is 14.5. The molecule has 1 N–H and O–H groups in total. The average molecular weight is 333 g/mol. The van der Waals surface area contributed by atoms with Gasteiger partial charge in [0, 0.05) is 38.3 Å². The van der Waals surface area contributed by atoms with Crippen molar-refractivity contribution in [3.63, 3.8) is 0 Å². The highest BCUT2D eigenvalue weighted by Gasteiger charge is 2.34. The zero-order chi connectivity index (χ0) is 16.4. The van der Waals surface area contributed by atoms with Gasteiger partial charge in [-0.2, -0.15) is 0 Å². The number of carbonyl (C=O) groups is 1. The van der Waals surface area contributed by atoms with Gasteiger partial charge in [-0.15, -0.1) is 0 Å². The second-order valence-electron chi connectivity index (χ2n) is 6.74. The number of sulfone groups is 1. The number of nitrogens with zero attached hydrogens (tertiary/aromatic N) is 2. The molecular formula is C14H27N3O4S. The molecule has 0 saturated carbocycles. The topological polar surface area (TPSA) is 79.0 Å². The Kier molecular flexibility index (Phi) is 5.34. The van der Waals surface area contributed by atoms with E-state index in [4.69, 9.17) is 4.74 Å². The Morgan fingerprint density at radius 1 is 1.36 bits per heavy atom. The summed E-state index contributed by atoms with van der Waals surface area (Å²) in [4.78, 5) is 16.1. The summed E-state index contributed by atoms with van der Waals surface area (Å²) in [6, 6.07) is -0.417. The van der Waals surface area contributed by atoms with Gasteiger partial charge in [-0.25, -0.2) is 13.2 Å². The first-order valence-corrected chi connectivity index (χ1v) is 9.57. The molecule has 2 aliphatic heterocycles. The molecule has 0 aromatic rings. The largest absolute Gasteiger partial charge is 0.379 e. The molecule has 0 unspecified atom stereocenters. The molecule has 22 heavy (non-hydrogen) atoms. The maximum absolute atomic E-state index is 12.2. The maximum atomic E-state index is 12.2. The Labute approximate surface area is 132 Å². The van der Waals surface area contributed by atoms with Crippen LogP contribution >= 0.6 is 0 Å². The van der Waals surface area contributed by atoms with Crippen molar-refractivity contribution in [3.05, 3.63) is 0 Å². The van der Waals surface area contributed by atoms with Crippen LogP contribution in [0.1, 0.15) is 20.3 Å². The Morgan fingerprint density at radius 2 is 2.00 bits per heavy atom. The van der Waals surface area contributed by atoms with Crippen LogP contribution in [0.25, 0.3) is 0 Å². The van der Waals surface area contributed by atoms with E-state index in [1.54, 1.807) is 7.05 Å². The Morgan fingerprint density at radius 3 is 2.55 bits per heavy atom. The van der Waals surface area contributed by atoms with Gasteiger partial charge in [0.25, 0.3) is 0 Å². The SMILES string of the molecule is CN(C(=O)NCC(C)(C)N1CCOCC1)[C@H]1CCS(=O)(=O)C1. The van der Waals surface area contributed by atoms with Crippen molar-refractivity contribution >= 4 is 15.9 Å². The van der Waals surface area contributed by atoms with Crippen molar-refractivity contribution < 1.29 is 17.9 Å². The summed E-state index contributed by atoms with van der Waals surface area (Å²) >= 11 is 0. The molecule has 2 heterocycles. The van der Waals surface area contributed by atoms with Crippen LogP contribution in [-0.2, 0) is 14.6 Å². The van der Waals surface area contributed by atoms with E-state index in [-0.39, 0.29) is 29.1 Å². The molecule has 2 amide bonds. The molecule has 0 aromatic heterocycles. The van der Waals surface area contributed by atoms with E-state index >= 15 is 0 Å². The standard InChI is InChI=1S/C14H27N3O4S/c1-14(2,17-5-7-21-8-6-17)11-15-13(18)16(3)12-4-9-22(19,20)10-12/h12H,4-11H2,1-3H3,(H,15,18)/t12-/m0/s1. The van der Waals surface area contributed by atoms with Gasteiger partial charge in [0.05, 0.1) is 24.7 Å². The lowest BCUT2D eigenvalue weighted by Crippen LogP contribution is -2.57. The molecule has 0 aromatic carbocycles. The second kappa shape index (κ2) is 6.72. The molecular weight excluding hydrogens is 306 g/mol. The van der Waals surface area contributed by atoms with Gasteiger partial charge in [-0.1, -0.05) is 0 Å². The van der Waals surface area contributed by atoms with E-state index in [1.165, 1.54) is 4.90 Å². The van der Waals surface area contributed by atoms with Gasteiger partial charge in [0.1, 0.15) is 0 Å². The number of amides is 2. The molecule has 0 radical (unpaired) electrons. The minimum atomic E-state index is -2.98. The van der Waals surface area contributed by atoms with Crippen molar-refractivity contribution in [1.82, 2.24) is 15.1 Å². The fourth-order valence-electron chi connectivity index (χ4n) is 2.94. The van der Waals surface area contributed by atoms with E-state index in [9.17, 15) is 13.2 Å². The lowest BCUT2D eigenvalue weighted by atomic mass is 10.0. The molecule has 7 nitrogen and oxygen atoms in total. The monoisotopic (exact) mass is 333 g/mol. The summed E-state index contributed by atoms with van der Waals surface area (Å²) in [6.07, 6.45) is 0.527. The van der Waals surface area contributed by atoms with Crippen molar-refractivity contribution in [1.29, 1.82) is 0 Å². The van der Waals surface area contributed by atoms with E-state index in [2.05, 4.69) is 24.1 Å². The van der Waals surface area contributed by atoms with E-state index in [1.807, 2.05) is 0 Å². The van der Waals surface area contributed by atoms with Gasteiger partial charge in [-0.05, 0) is 20.3 Å². The van der Waals surface area contributed by atoms with Gasteiger partial charge in [0.2, 0.25) is 0 Å². The molecule has 0 aliphatic carbocycles. The summed E-state index contributed by atoms with van der Waals surface area (Å²) < 4.78 is 28.4. The summed E-state index contributed by atoms with van der Waals surface area (Å²) in [5.41, 5.74) is -0.151. The fourth-order valence-corrected chi connectivity index (χ4v) is 4.72. The highest BCUT2D eigenvalue weighted by atomic mass is 32.2. The zero-order valence-electron chi connectivity index (χ0n) is 13.7.